The maximum absolute atomic E-state index is 10.3. The van der Waals surface area contributed by atoms with Crippen molar-refractivity contribution in [2.45, 2.75) is 32.4 Å². The van der Waals surface area contributed by atoms with Crippen LogP contribution in [0.25, 0.3) is 11.3 Å². The minimum Gasteiger partial charge on any atom is -0.390 e. The molecule has 0 bridgehead atoms. The Bertz CT molecular complexity index is 649. The summed E-state index contributed by atoms with van der Waals surface area (Å²) < 4.78 is 1.83. The summed E-state index contributed by atoms with van der Waals surface area (Å²) in [5.74, 6) is 0.823. The van der Waals surface area contributed by atoms with E-state index in [9.17, 15) is 5.11 Å². The van der Waals surface area contributed by atoms with Crippen molar-refractivity contribution in [2.75, 3.05) is 26.2 Å². The second-order valence-electron chi connectivity index (χ2n) is 7.18. The first-order chi connectivity index (χ1) is 12.1. The summed E-state index contributed by atoms with van der Waals surface area (Å²) in [6.07, 6.45) is 7.74. The number of pyridine rings is 1. The zero-order valence-corrected chi connectivity index (χ0v) is 15.2. The number of likely N-dealkylation sites (tertiary alicyclic amines) is 1. The van der Waals surface area contributed by atoms with Crippen molar-refractivity contribution in [3.63, 3.8) is 0 Å². The molecule has 0 amide bonds. The second-order valence-corrected chi connectivity index (χ2v) is 7.18. The van der Waals surface area contributed by atoms with Crippen LogP contribution >= 0.6 is 0 Å². The van der Waals surface area contributed by atoms with E-state index in [2.05, 4.69) is 27.2 Å². The summed E-state index contributed by atoms with van der Waals surface area (Å²) in [5, 5.41) is 18.2. The van der Waals surface area contributed by atoms with Crippen molar-refractivity contribution < 1.29 is 5.11 Å². The maximum Gasteiger partial charge on any atom is 0.0969 e. The summed E-state index contributed by atoms with van der Waals surface area (Å²) in [6.45, 7) is 6.56. The number of rotatable bonds is 7. The zero-order valence-electron chi connectivity index (χ0n) is 15.2. The van der Waals surface area contributed by atoms with Crippen LogP contribution in [-0.2, 0) is 13.6 Å². The lowest BCUT2D eigenvalue weighted by atomic mass is 9.99. The fourth-order valence-electron chi connectivity index (χ4n) is 3.40. The minimum absolute atomic E-state index is 0.338. The summed E-state index contributed by atoms with van der Waals surface area (Å²) >= 11 is 0. The monoisotopic (exact) mass is 343 g/mol. The Hall–Kier alpha value is -1.76. The number of aryl methyl sites for hydroxylation is 1. The molecule has 1 aliphatic heterocycles. The van der Waals surface area contributed by atoms with Crippen LogP contribution in [0.15, 0.2) is 30.7 Å². The molecule has 1 aliphatic rings. The number of β-amino-alcohol motifs (C(OH)–C–C–N with tert-alkyl or cyclic N) is 1. The average Bonchev–Trinajstić information content (AvgIpc) is 2.98. The van der Waals surface area contributed by atoms with Crippen LogP contribution in [0.5, 0.6) is 0 Å². The molecular formula is C19H29N5O. The molecule has 0 spiro atoms. The lowest BCUT2D eigenvalue weighted by Crippen LogP contribution is -2.41. The number of aromatic nitrogens is 3. The number of hydrogen-bond acceptors (Lipinski definition) is 5. The molecule has 2 N–H and O–H groups in total. The van der Waals surface area contributed by atoms with Crippen LogP contribution in [-0.4, -0.2) is 57.1 Å². The van der Waals surface area contributed by atoms with Gasteiger partial charge < -0.3 is 15.3 Å². The number of hydrogen-bond donors (Lipinski definition) is 2. The second kappa shape index (κ2) is 8.56. The molecule has 2 aromatic heterocycles. The molecule has 0 aliphatic carbocycles. The van der Waals surface area contributed by atoms with Crippen LogP contribution in [0.2, 0.25) is 0 Å². The van der Waals surface area contributed by atoms with Gasteiger partial charge in [0, 0.05) is 56.4 Å². The Morgan fingerprint density at radius 3 is 2.72 bits per heavy atom. The van der Waals surface area contributed by atoms with Crippen molar-refractivity contribution in [3.05, 3.63) is 36.3 Å². The van der Waals surface area contributed by atoms with E-state index in [0.717, 1.165) is 42.4 Å². The van der Waals surface area contributed by atoms with Crippen LogP contribution in [0.4, 0.5) is 0 Å². The normalized spacial score (nSPS) is 17.7. The quantitative estimate of drug-likeness (QED) is 0.800. The lowest BCUT2D eigenvalue weighted by molar-refractivity contribution is 0.0907. The Morgan fingerprint density at radius 2 is 2.00 bits per heavy atom. The van der Waals surface area contributed by atoms with Gasteiger partial charge in [0.05, 0.1) is 11.8 Å². The lowest BCUT2D eigenvalue weighted by Gasteiger charge is -2.31. The Labute approximate surface area is 149 Å². The Morgan fingerprint density at radius 1 is 1.28 bits per heavy atom. The standard InChI is InChI=1S/C19H29N5O/c1-15-5-9-24(10-6-15)14-18(25)12-21-11-17-13-23(2)22-19(17)16-3-7-20-8-4-16/h3-4,7-8,13,15,18,21,25H,5-6,9-12,14H2,1-2H3. The largest absolute Gasteiger partial charge is 0.390 e. The summed E-state index contributed by atoms with van der Waals surface area (Å²) in [7, 11) is 1.93. The summed E-state index contributed by atoms with van der Waals surface area (Å²) in [6, 6.07) is 3.94. The van der Waals surface area contributed by atoms with Gasteiger partial charge >= 0.3 is 0 Å². The van der Waals surface area contributed by atoms with Gasteiger partial charge in [-0.05, 0) is 44.0 Å². The SMILES string of the molecule is CC1CCN(CC(O)CNCc2cn(C)nc2-c2ccncc2)CC1. The predicted molar refractivity (Wildman–Crippen MR) is 99.0 cm³/mol. The summed E-state index contributed by atoms with van der Waals surface area (Å²) in [4.78, 5) is 6.44. The van der Waals surface area contributed by atoms with Gasteiger partial charge in [0.25, 0.3) is 0 Å². The predicted octanol–water partition coefficient (Wildman–Crippen LogP) is 1.66. The van der Waals surface area contributed by atoms with Gasteiger partial charge in [0.15, 0.2) is 0 Å². The van der Waals surface area contributed by atoms with Gasteiger partial charge in [0.1, 0.15) is 0 Å². The van der Waals surface area contributed by atoms with E-state index in [1.54, 1.807) is 12.4 Å². The third-order valence-electron chi connectivity index (χ3n) is 4.90. The molecule has 25 heavy (non-hydrogen) atoms. The molecular weight excluding hydrogens is 314 g/mol. The topological polar surface area (TPSA) is 66.2 Å². The number of piperidine rings is 1. The van der Waals surface area contributed by atoms with Gasteiger partial charge in [-0.25, -0.2) is 0 Å². The van der Waals surface area contributed by atoms with Gasteiger partial charge in [-0.2, -0.15) is 5.10 Å². The first-order valence-electron chi connectivity index (χ1n) is 9.16. The third-order valence-corrected chi connectivity index (χ3v) is 4.90. The van der Waals surface area contributed by atoms with Crippen LogP contribution in [0, 0.1) is 5.92 Å². The highest BCUT2D eigenvalue weighted by Gasteiger charge is 2.18. The van der Waals surface area contributed by atoms with Crippen molar-refractivity contribution >= 4 is 0 Å². The van der Waals surface area contributed by atoms with E-state index in [4.69, 9.17) is 0 Å². The zero-order chi connectivity index (χ0) is 17.6. The average molecular weight is 343 g/mol. The molecule has 1 atom stereocenters. The molecule has 6 nitrogen and oxygen atoms in total. The van der Waals surface area contributed by atoms with Crippen LogP contribution in [0.1, 0.15) is 25.3 Å². The molecule has 1 unspecified atom stereocenters. The number of nitrogens with zero attached hydrogens (tertiary/aromatic N) is 4. The van der Waals surface area contributed by atoms with Gasteiger partial charge in [-0.1, -0.05) is 6.92 Å². The number of aliphatic hydroxyl groups excluding tert-OH is 1. The molecule has 6 heteroatoms. The van der Waals surface area contributed by atoms with E-state index < -0.39 is 0 Å². The Balaban J connectivity index is 1.49. The fourth-order valence-corrected chi connectivity index (χ4v) is 3.40. The highest BCUT2D eigenvalue weighted by molar-refractivity contribution is 5.61. The molecule has 0 radical (unpaired) electrons. The van der Waals surface area contributed by atoms with Crippen LogP contribution in [0.3, 0.4) is 0 Å². The minimum atomic E-state index is -0.338. The van der Waals surface area contributed by atoms with Gasteiger partial charge in [0.2, 0.25) is 0 Å². The van der Waals surface area contributed by atoms with Gasteiger partial charge in [-0.3, -0.25) is 9.67 Å². The number of aliphatic hydroxyl groups is 1. The highest BCUT2D eigenvalue weighted by Crippen LogP contribution is 2.21. The molecule has 1 saturated heterocycles. The van der Waals surface area contributed by atoms with Crippen molar-refractivity contribution in [1.82, 2.24) is 25.0 Å². The summed E-state index contributed by atoms with van der Waals surface area (Å²) in [5.41, 5.74) is 3.17. The van der Waals surface area contributed by atoms with Gasteiger partial charge in [-0.15, -0.1) is 0 Å². The van der Waals surface area contributed by atoms with Crippen molar-refractivity contribution in [1.29, 1.82) is 0 Å². The molecule has 3 heterocycles. The molecule has 2 aromatic rings. The van der Waals surface area contributed by atoms with Crippen molar-refractivity contribution in [3.8, 4) is 11.3 Å². The first-order valence-corrected chi connectivity index (χ1v) is 9.16. The fraction of sp³-hybridized carbons (Fsp3) is 0.579. The molecule has 1 fully saturated rings. The number of nitrogens with one attached hydrogen (secondary N) is 1. The molecule has 136 valence electrons. The first kappa shape index (κ1) is 18.0. The molecule has 3 rings (SSSR count). The molecule has 0 saturated carbocycles. The molecule has 0 aromatic carbocycles. The van der Waals surface area contributed by atoms with E-state index in [1.165, 1.54) is 12.8 Å². The maximum atomic E-state index is 10.3. The highest BCUT2D eigenvalue weighted by atomic mass is 16.3. The van der Waals surface area contributed by atoms with Crippen molar-refractivity contribution in [2.24, 2.45) is 13.0 Å². The van der Waals surface area contributed by atoms with E-state index in [1.807, 2.05) is 30.1 Å². The van der Waals surface area contributed by atoms with Crippen LogP contribution < -0.4 is 5.32 Å². The third kappa shape index (κ3) is 5.11. The van der Waals surface area contributed by atoms with E-state index in [0.29, 0.717) is 13.1 Å². The van der Waals surface area contributed by atoms with E-state index >= 15 is 0 Å². The Kier molecular flexibility index (Phi) is 6.18. The smallest absolute Gasteiger partial charge is 0.0969 e. The van der Waals surface area contributed by atoms with E-state index in [-0.39, 0.29) is 6.10 Å².